The van der Waals surface area contributed by atoms with Crippen LogP contribution in [0, 0.1) is 0 Å². The lowest BCUT2D eigenvalue weighted by atomic mass is 10.2. The summed E-state index contributed by atoms with van der Waals surface area (Å²) >= 11 is 5.78. The number of halogens is 3. The first-order chi connectivity index (χ1) is 6.68. The molecule has 1 heterocycles. The highest BCUT2D eigenvalue weighted by atomic mass is 35.5. The van der Waals surface area contributed by atoms with Gasteiger partial charge in [0, 0.05) is 10.8 Å². The van der Waals surface area contributed by atoms with E-state index in [1.165, 1.54) is 0 Å². The zero-order chi connectivity index (χ0) is 10.1. The zero-order valence-corrected chi connectivity index (χ0v) is 7.68. The predicted octanol–water partition coefficient (Wildman–Crippen LogP) is 3.42. The van der Waals surface area contributed by atoms with Crippen molar-refractivity contribution < 1.29 is 13.5 Å². The van der Waals surface area contributed by atoms with E-state index >= 15 is 0 Å². The molecule has 0 aliphatic heterocycles. The van der Waals surface area contributed by atoms with Crippen molar-refractivity contribution in [1.29, 1.82) is 0 Å². The summed E-state index contributed by atoms with van der Waals surface area (Å²) in [5.74, 6) is 0.000556. The lowest BCUT2D eigenvalue weighted by molar-refractivity contribution is -0.0514. The van der Waals surface area contributed by atoms with Gasteiger partial charge in [0.2, 0.25) is 5.88 Å². The Hall–Kier alpha value is -1.29. The van der Waals surface area contributed by atoms with Crippen LogP contribution in [-0.4, -0.2) is 11.6 Å². The number of aromatic amines is 1. The van der Waals surface area contributed by atoms with Crippen molar-refractivity contribution >= 4 is 22.4 Å². The van der Waals surface area contributed by atoms with Crippen LogP contribution in [0.5, 0.6) is 5.88 Å². The van der Waals surface area contributed by atoms with Crippen molar-refractivity contribution in [3.63, 3.8) is 0 Å². The first kappa shape index (κ1) is 9.27. The lowest BCUT2D eigenvalue weighted by Gasteiger charge is -2.00. The van der Waals surface area contributed by atoms with Crippen LogP contribution in [0.25, 0.3) is 10.8 Å². The fourth-order valence-electron chi connectivity index (χ4n) is 1.29. The van der Waals surface area contributed by atoms with Gasteiger partial charge in [-0.1, -0.05) is 29.8 Å². The fraction of sp³-hybridized carbons (Fsp3) is 0.111. The molecule has 0 saturated heterocycles. The van der Waals surface area contributed by atoms with Crippen LogP contribution >= 0.6 is 11.6 Å². The number of hydrogen-bond acceptors (Lipinski definition) is 1. The van der Waals surface area contributed by atoms with E-state index in [1.54, 1.807) is 24.3 Å². The minimum absolute atomic E-state index is 0.000556. The number of fused-ring (bicyclic) bond motifs is 1. The summed E-state index contributed by atoms with van der Waals surface area (Å²) in [6, 6.07) is 6.89. The number of H-pyrrole nitrogens is 1. The van der Waals surface area contributed by atoms with E-state index in [9.17, 15) is 8.78 Å². The molecule has 0 fully saturated rings. The maximum Gasteiger partial charge on any atom is 0.388 e. The summed E-state index contributed by atoms with van der Waals surface area (Å²) < 4.78 is 28.2. The van der Waals surface area contributed by atoms with Gasteiger partial charge in [0.25, 0.3) is 0 Å². The van der Waals surface area contributed by atoms with Crippen LogP contribution < -0.4 is 4.74 Å². The standard InChI is InChI=1S/C9H6ClF2NO/c10-7-5-3-1-2-4-6(5)8(13-7)14-9(11)12/h1-4,9,13H. The topological polar surface area (TPSA) is 25.0 Å². The molecule has 0 aliphatic rings. The summed E-state index contributed by atoms with van der Waals surface area (Å²) in [4.78, 5) is 2.55. The molecule has 14 heavy (non-hydrogen) atoms. The Kier molecular flexibility index (Phi) is 2.29. The second-order valence-corrected chi connectivity index (χ2v) is 3.07. The molecular weight excluding hydrogens is 212 g/mol. The molecule has 1 N–H and O–H groups in total. The van der Waals surface area contributed by atoms with E-state index in [0.29, 0.717) is 15.9 Å². The highest BCUT2D eigenvalue weighted by Crippen LogP contribution is 2.31. The minimum atomic E-state index is -2.85. The summed E-state index contributed by atoms with van der Waals surface area (Å²) in [5.41, 5.74) is 0. The first-order valence-corrected chi connectivity index (χ1v) is 4.27. The van der Waals surface area contributed by atoms with Gasteiger partial charge in [-0.15, -0.1) is 0 Å². The van der Waals surface area contributed by atoms with Gasteiger partial charge in [-0.2, -0.15) is 8.78 Å². The Bertz CT molecular complexity index is 455. The van der Waals surface area contributed by atoms with Crippen molar-refractivity contribution in [2.45, 2.75) is 6.61 Å². The average molecular weight is 218 g/mol. The molecule has 0 saturated carbocycles. The molecule has 0 unspecified atom stereocenters. The van der Waals surface area contributed by atoms with Crippen LogP contribution in [0.15, 0.2) is 24.3 Å². The number of rotatable bonds is 2. The van der Waals surface area contributed by atoms with E-state index in [0.717, 1.165) is 0 Å². The Balaban J connectivity index is 2.55. The molecule has 0 aliphatic carbocycles. The maximum atomic E-state index is 12.0. The average Bonchev–Trinajstić information content (AvgIpc) is 2.44. The molecule has 2 nitrogen and oxygen atoms in total. The molecule has 74 valence electrons. The lowest BCUT2D eigenvalue weighted by Crippen LogP contribution is -2.02. The molecule has 0 bridgehead atoms. The van der Waals surface area contributed by atoms with Crippen molar-refractivity contribution in [3.05, 3.63) is 29.4 Å². The number of ether oxygens (including phenoxy) is 1. The van der Waals surface area contributed by atoms with Crippen LogP contribution in [-0.2, 0) is 0 Å². The van der Waals surface area contributed by atoms with Gasteiger partial charge in [-0.05, 0) is 6.07 Å². The molecule has 1 aromatic carbocycles. The van der Waals surface area contributed by atoms with Gasteiger partial charge in [0.1, 0.15) is 5.15 Å². The third-order valence-corrected chi connectivity index (χ3v) is 2.14. The van der Waals surface area contributed by atoms with Gasteiger partial charge in [-0.3, -0.25) is 0 Å². The third-order valence-electron chi connectivity index (χ3n) is 1.84. The zero-order valence-electron chi connectivity index (χ0n) is 6.93. The van der Waals surface area contributed by atoms with E-state index < -0.39 is 6.61 Å². The second kappa shape index (κ2) is 3.46. The number of hydrogen-bond donors (Lipinski definition) is 1. The van der Waals surface area contributed by atoms with E-state index in [1.807, 2.05) is 0 Å². The molecule has 5 heteroatoms. The minimum Gasteiger partial charge on any atom is -0.418 e. The summed E-state index contributed by atoms with van der Waals surface area (Å²) in [7, 11) is 0. The van der Waals surface area contributed by atoms with E-state index in [4.69, 9.17) is 11.6 Å². The Labute approximate surface area is 83.4 Å². The summed E-state index contributed by atoms with van der Waals surface area (Å²) in [6.07, 6.45) is 0. The van der Waals surface area contributed by atoms with E-state index in [2.05, 4.69) is 9.72 Å². The van der Waals surface area contributed by atoms with Crippen molar-refractivity contribution in [1.82, 2.24) is 4.98 Å². The molecule has 2 rings (SSSR count). The van der Waals surface area contributed by atoms with Crippen molar-refractivity contribution in [2.24, 2.45) is 0 Å². The number of benzene rings is 1. The molecule has 0 spiro atoms. The summed E-state index contributed by atoms with van der Waals surface area (Å²) in [5, 5.41) is 1.53. The molecule has 0 radical (unpaired) electrons. The Morgan fingerprint density at radius 1 is 1.21 bits per heavy atom. The molecule has 2 aromatic rings. The van der Waals surface area contributed by atoms with Crippen LogP contribution in [0.3, 0.4) is 0 Å². The van der Waals surface area contributed by atoms with Crippen LogP contribution in [0.4, 0.5) is 8.78 Å². The third kappa shape index (κ3) is 1.53. The second-order valence-electron chi connectivity index (χ2n) is 2.69. The highest BCUT2D eigenvalue weighted by Gasteiger charge is 2.12. The quantitative estimate of drug-likeness (QED) is 0.819. The molecule has 1 aromatic heterocycles. The van der Waals surface area contributed by atoms with Gasteiger partial charge in [0.05, 0.1) is 0 Å². The smallest absolute Gasteiger partial charge is 0.388 e. The first-order valence-electron chi connectivity index (χ1n) is 3.89. The molecule has 0 atom stereocenters. The summed E-state index contributed by atoms with van der Waals surface area (Å²) in [6.45, 7) is -2.85. The van der Waals surface area contributed by atoms with Gasteiger partial charge < -0.3 is 9.72 Å². The Morgan fingerprint density at radius 3 is 2.50 bits per heavy atom. The number of alkyl halides is 2. The number of nitrogens with one attached hydrogen (secondary N) is 1. The van der Waals surface area contributed by atoms with Gasteiger partial charge in [-0.25, -0.2) is 0 Å². The van der Waals surface area contributed by atoms with Crippen molar-refractivity contribution in [2.75, 3.05) is 0 Å². The van der Waals surface area contributed by atoms with Gasteiger partial charge in [0.15, 0.2) is 0 Å². The normalized spacial score (nSPS) is 11.1. The largest absolute Gasteiger partial charge is 0.418 e. The predicted molar refractivity (Wildman–Crippen MR) is 49.9 cm³/mol. The molecule has 0 amide bonds. The maximum absolute atomic E-state index is 12.0. The molecular formula is C9H6ClF2NO. The highest BCUT2D eigenvalue weighted by molar-refractivity contribution is 6.35. The Morgan fingerprint density at radius 2 is 1.86 bits per heavy atom. The van der Waals surface area contributed by atoms with Crippen LogP contribution in [0.2, 0.25) is 5.15 Å². The van der Waals surface area contributed by atoms with Crippen molar-refractivity contribution in [3.8, 4) is 5.88 Å². The van der Waals surface area contributed by atoms with E-state index in [-0.39, 0.29) is 5.88 Å². The van der Waals surface area contributed by atoms with Crippen LogP contribution in [0.1, 0.15) is 0 Å². The fourth-order valence-corrected chi connectivity index (χ4v) is 1.54. The SMILES string of the molecule is FC(F)Oc1[nH]c(Cl)c2ccccc12. The number of aromatic nitrogens is 1. The van der Waals surface area contributed by atoms with Gasteiger partial charge >= 0.3 is 6.61 Å². The monoisotopic (exact) mass is 217 g/mol.